The maximum atomic E-state index is 13.1. The molecule has 0 bridgehead atoms. The number of amides is 1. The van der Waals surface area contributed by atoms with Gasteiger partial charge in [-0.25, -0.2) is 4.90 Å². The molecule has 32 heavy (non-hydrogen) atoms. The van der Waals surface area contributed by atoms with Crippen molar-refractivity contribution in [1.29, 1.82) is 0 Å². The van der Waals surface area contributed by atoms with Crippen LogP contribution in [0.5, 0.6) is 5.75 Å². The SMILES string of the molecule is CCSc1n[n+]2c(c(=O)[nH]1)-c1ccccc1N(C(C)=O)[C@H]2c1cccc(OC(C)=O)c1Cl. The van der Waals surface area contributed by atoms with Crippen molar-refractivity contribution < 1.29 is 19.0 Å². The Morgan fingerprint density at radius 3 is 2.66 bits per heavy atom. The van der Waals surface area contributed by atoms with Crippen LogP contribution in [0, 0.1) is 0 Å². The number of ether oxygens (including phenoxy) is 1. The van der Waals surface area contributed by atoms with Crippen LogP contribution < -0.4 is 19.9 Å². The zero-order valence-corrected chi connectivity index (χ0v) is 19.2. The minimum atomic E-state index is -0.862. The van der Waals surface area contributed by atoms with Crippen LogP contribution in [0.25, 0.3) is 11.3 Å². The Morgan fingerprint density at radius 2 is 1.97 bits per heavy atom. The van der Waals surface area contributed by atoms with Crippen molar-refractivity contribution in [3.05, 3.63) is 63.4 Å². The Labute approximate surface area is 193 Å². The fourth-order valence-electron chi connectivity index (χ4n) is 3.76. The summed E-state index contributed by atoms with van der Waals surface area (Å²) >= 11 is 8.02. The van der Waals surface area contributed by atoms with E-state index in [1.165, 1.54) is 35.2 Å². The molecule has 0 aliphatic carbocycles. The standard InChI is InChI=1S/C22H19ClN4O4S/c1-4-32-22-24-20(30)19-14-8-5-6-10-16(14)26(12(2)28)21(27(19)25-22)15-9-7-11-17(18(15)23)31-13(3)29/h5-11,21H,4H2,1-3H3/p+1/t21-/m1/s1. The van der Waals surface area contributed by atoms with Gasteiger partial charge >= 0.3 is 17.2 Å². The van der Waals surface area contributed by atoms with E-state index in [-0.39, 0.29) is 22.2 Å². The number of thioether (sulfide) groups is 1. The predicted molar refractivity (Wildman–Crippen MR) is 121 cm³/mol. The average Bonchev–Trinajstić information content (AvgIpc) is 2.74. The van der Waals surface area contributed by atoms with E-state index in [0.29, 0.717) is 33.4 Å². The number of carbonyl (C=O) groups excluding carboxylic acids is 2. The molecule has 1 atom stereocenters. The molecule has 1 aliphatic heterocycles. The zero-order valence-electron chi connectivity index (χ0n) is 17.6. The van der Waals surface area contributed by atoms with Crippen molar-refractivity contribution in [2.75, 3.05) is 10.7 Å². The third kappa shape index (κ3) is 3.78. The quantitative estimate of drug-likeness (QED) is 0.271. The monoisotopic (exact) mass is 471 g/mol. The minimum Gasteiger partial charge on any atom is -0.425 e. The number of carbonyl (C=O) groups is 2. The second-order valence-electron chi connectivity index (χ2n) is 7.02. The van der Waals surface area contributed by atoms with Gasteiger partial charge in [-0.05, 0) is 34.7 Å². The number of rotatable bonds is 4. The first-order valence-corrected chi connectivity index (χ1v) is 11.2. The molecule has 0 fully saturated rings. The van der Waals surface area contributed by atoms with Gasteiger partial charge in [-0.15, -0.1) is 0 Å². The maximum Gasteiger partial charge on any atom is 0.325 e. The van der Waals surface area contributed by atoms with Crippen LogP contribution in [0.1, 0.15) is 32.5 Å². The van der Waals surface area contributed by atoms with Crippen LogP contribution in [0.15, 0.2) is 52.4 Å². The first-order valence-electron chi connectivity index (χ1n) is 9.88. The molecule has 1 aliphatic rings. The molecule has 1 aromatic heterocycles. The van der Waals surface area contributed by atoms with E-state index in [2.05, 4.69) is 10.1 Å². The van der Waals surface area contributed by atoms with E-state index >= 15 is 0 Å². The van der Waals surface area contributed by atoms with E-state index in [0.717, 1.165) is 0 Å². The fraction of sp³-hybridized carbons (Fsp3) is 0.227. The Balaban J connectivity index is 2.06. The Kier molecular flexibility index (Phi) is 6.03. The summed E-state index contributed by atoms with van der Waals surface area (Å²) in [5.74, 6) is 0.0732. The van der Waals surface area contributed by atoms with Gasteiger partial charge in [0.1, 0.15) is 5.75 Å². The smallest absolute Gasteiger partial charge is 0.325 e. The predicted octanol–water partition coefficient (Wildman–Crippen LogP) is 3.33. The van der Waals surface area contributed by atoms with E-state index in [1.807, 2.05) is 6.92 Å². The third-order valence-electron chi connectivity index (χ3n) is 4.90. The van der Waals surface area contributed by atoms with E-state index in [9.17, 15) is 14.4 Å². The van der Waals surface area contributed by atoms with Crippen LogP contribution in [0.2, 0.25) is 5.02 Å². The highest BCUT2D eigenvalue weighted by molar-refractivity contribution is 7.99. The number of fused-ring (bicyclic) bond motifs is 3. The largest absolute Gasteiger partial charge is 0.425 e. The maximum absolute atomic E-state index is 13.1. The number of hydrogen-bond acceptors (Lipinski definition) is 6. The number of benzene rings is 2. The second kappa shape index (κ2) is 8.76. The summed E-state index contributed by atoms with van der Waals surface area (Å²) < 4.78 is 6.75. The molecule has 0 spiro atoms. The number of H-pyrrole nitrogens is 1. The van der Waals surface area contributed by atoms with Crippen molar-refractivity contribution in [2.24, 2.45) is 0 Å². The average molecular weight is 472 g/mol. The van der Waals surface area contributed by atoms with Gasteiger partial charge in [0.05, 0.1) is 21.8 Å². The zero-order chi connectivity index (χ0) is 23.0. The van der Waals surface area contributed by atoms with Gasteiger partial charge in [0.25, 0.3) is 6.17 Å². The molecule has 164 valence electrons. The molecule has 10 heteroatoms. The third-order valence-corrected chi connectivity index (χ3v) is 6.05. The summed E-state index contributed by atoms with van der Waals surface area (Å²) in [5, 5.41) is 5.22. The van der Waals surface area contributed by atoms with Crippen LogP contribution in [-0.4, -0.2) is 27.7 Å². The van der Waals surface area contributed by atoms with E-state index < -0.39 is 12.1 Å². The number of anilines is 1. The highest BCUT2D eigenvalue weighted by atomic mass is 35.5. The summed E-state index contributed by atoms with van der Waals surface area (Å²) in [7, 11) is 0. The van der Waals surface area contributed by atoms with Gasteiger partial charge < -0.3 is 4.74 Å². The fourth-order valence-corrected chi connectivity index (χ4v) is 4.60. The first-order chi connectivity index (χ1) is 15.3. The van der Waals surface area contributed by atoms with Gasteiger partial charge in [0.2, 0.25) is 11.1 Å². The number of para-hydroxylation sites is 1. The Bertz CT molecular complexity index is 1290. The van der Waals surface area contributed by atoms with E-state index in [4.69, 9.17) is 16.3 Å². The molecule has 3 aromatic rings. The highest BCUT2D eigenvalue weighted by Gasteiger charge is 2.46. The van der Waals surface area contributed by atoms with Crippen molar-refractivity contribution >= 4 is 40.9 Å². The molecule has 2 heterocycles. The normalized spacial score (nSPS) is 14.5. The molecule has 2 aromatic carbocycles. The molecule has 0 unspecified atom stereocenters. The van der Waals surface area contributed by atoms with Crippen LogP contribution >= 0.6 is 23.4 Å². The lowest BCUT2D eigenvalue weighted by molar-refractivity contribution is -0.763. The topological polar surface area (TPSA) is 96.2 Å². The minimum absolute atomic E-state index is 0.156. The molecular weight excluding hydrogens is 452 g/mol. The van der Waals surface area contributed by atoms with Crippen LogP contribution in [-0.2, 0) is 9.59 Å². The first kappa shape index (κ1) is 22.0. The number of aromatic amines is 1. The Hall–Kier alpha value is -3.17. The van der Waals surface area contributed by atoms with E-state index in [1.54, 1.807) is 42.5 Å². The molecule has 1 amide bonds. The lowest BCUT2D eigenvalue weighted by Gasteiger charge is -2.31. The van der Waals surface area contributed by atoms with Gasteiger partial charge in [0.15, 0.2) is 0 Å². The molecule has 0 saturated heterocycles. The van der Waals surface area contributed by atoms with Gasteiger partial charge in [-0.3, -0.25) is 19.4 Å². The Morgan fingerprint density at radius 1 is 1.22 bits per heavy atom. The molecular formula is C22H20ClN4O4S+. The van der Waals surface area contributed by atoms with Crippen molar-refractivity contribution in [3.8, 4) is 17.0 Å². The highest BCUT2D eigenvalue weighted by Crippen LogP contribution is 2.41. The van der Waals surface area contributed by atoms with Crippen molar-refractivity contribution in [1.82, 2.24) is 10.1 Å². The lowest BCUT2D eigenvalue weighted by atomic mass is 10.0. The summed E-state index contributed by atoms with van der Waals surface area (Å²) in [4.78, 5) is 41.9. The summed E-state index contributed by atoms with van der Waals surface area (Å²) in [6, 6.07) is 12.1. The summed E-state index contributed by atoms with van der Waals surface area (Å²) in [6.07, 6.45) is -0.862. The number of aromatic nitrogens is 3. The lowest BCUT2D eigenvalue weighted by Crippen LogP contribution is -2.60. The van der Waals surface area contributed by atoms with Crippen molar-refractivity contribution in [2.45, 2.75) is 32.1 Å². The van der Waals surface area contributed by atoms with Crippen LogP contribution in [0.4, 0.5) is 5.69 Å². The number of halogens is 1. The number of nitrogens with one attached hydrogen (secondary N) is 1. The van der Waals surface area contributed by atoms with Gasteiger partial charge in [0, 0.05) is 18.9 Å². The molecule has 8 nitrogen and oxygen atoms in total. The summed E-state index contributed by atoms with van der Waals surface area (Å²) in [6.45, 7) is 4.66. The number of esters is 1. The molecule has 4 rings (SSSR count). The van der Waals surface area contributed by atoms with Gasteiger partial charge in [-0.2, -0.15) is 0 Å². The molecule has 0 saturated carbocycles. The van der Waals surface area contributed by atoms with Crippen molar-refractivity contribution in [3.63, 3.8) is 0 Å². The number of nitrogens with zero attached hydrogens (tertiary/aromatic N) is 3. The summed E-state index contributed by atoms with van der Waals surface area (Å²) in [5.41, 5.74) is 1.57. The number of hydrogen-bond donors (Lipinski definition) is 1. The second-order valence-corrected chi connectivity index (χ2v) is 8.65. The van der Waals surface area contributed by atoms with Crippen LogP contribution in [0.3, 0.4) is 0 Å². The molecule has 0 radical (unpaired) electrons. The van der Waals surface area contributed by atoms with Gasteiger partial charge in [-0.1, -0.05) is 48.5 Å². The molecule has 1 N–H and O–H groups in total.